The third kappa shape index (κ3) is 3.57. The topological polar surface area (TPSA) is 68.9 Å². The van der Waals surface area contributed by atoms with Crippen molar-refractivity contribution in [1.29, 1.82) is 0 Å². The van der Waals surface area contributed by atoms with Crippen molar-refractivity contribution in [1.82, 2.24) is 14.1 Å². The summed E-state index contributed by atoms with van der Waals surface area (Å²) in [5.41, 5.74) is 2.21. The van der Waals surface area contributed by atoms with Crippen LogP contribution in [0.1, 0.15) is 13.3 Å². The Kier molecular flexibility index (Phi) is 5.00. The Balaban J connectivity index is 1.54. The van der Waals surface area contributed by atoms with Gasteiger partial charge in [-0.3, -0.25) is 14.2 Å². The second kappa shape index (κ2) is 7.59. The lowest BCUT2D eigenvalue weighted by molar-refractivity contribution is -0.116. The highest BCUT2D eigenvalue weighted by Crippen LogP contribution is 2.21. The molecule has 4 aromatic rings. The largest absolute Gasteiger partial charge is 0.347 e. The van der Waals surface area contributed by atoms with Gasteiger partial charge in [0.25, 0.3) is 5.56 Å². The van der Waals surface area contributed by atoms with E-state index in [9.17, 15) is 9.59 Å². The summed E-state index contributed by atoms with van der Waals surface area (Å²) in [5.74, 6) is -0.273. The summed E-state index contributed by atoms with van der Waals surface area (Å²) in [7, 11) is 0. The maximum absolute atomic E-state index is 12.6. The Hall–Kier alpha value is -2.93. The van der Waals surface area contributed by atoms with Crippen LogP contribution in [-0.4, -0.2) is 20.0 Å². The van der Waals surface area contributed by atoms with Gasteiger partial charge in [-0.1, -0.05) is 22.9 Å². The molecule has 0 atom stereocenters. The van der Waals surface area contributed by atoms with Crippen molar-refractivity contribution in [3.05, 3.63) is 69.8 Å². The molecule has 7 heteroatoms. The number of anilines is 1. The second-order valence-corrected chi connectivity index (χ2v) is 7.59. The molecule has 0 aliphatic heterocycles. The van der Waals surface area contributed by atoms with Crippen LogP contribution in [0.4, 0.5) is 5.69 Å². The van der Waals surface area contributed by atoms with Crippen LogP contribution in [0.25, 0.3) is 21.8 Å². The maximum Gasteiger partial charge on any atom is 0.261 e. The Morgan fingerprint density at radius 1 is 1.14 bits per heavy atom. The number of hydrogen-bond donors (Lipinski definition) is 1. The minimum atomic E-state index is -0.273. The lowest BCUT2D eigenvalue weighted by Gasteiger charge is -2.09. The Morgan fingerprint density at radius 2 is 2.00 bits per heavy atom. The number of nitrogens with zero attached hydrogens (tertiary/aromatic N) is 3. The first-order valence-corrected chi connectivity index (χ1v) is 9.88. The first-order chi connectivity index (χ1) is 13.5. The SMILES string of the molecule is CCCn1ccc2cc(NC(=O)Cn3cnc4ccc(Br)cc4c3=O)ccc21. The van der Waals surface area contributed by atoms with Crippen molar-refractivity contribution < 1.29 is 4.79 Å². The lowest BCUT2D eigenvalue weighted by atomic mass is 10.2. The van der Waals surface area contributed by atoms with E-state index in [0.717, 1.165) is 28.3 Å². The van der Waals surface area contributed by atoms with Crippen LogP contribution in [0, 0.1) is 0 Å². The average Bonchev–Trinajstić information content (AvgIpc) is 3.07. The van der Waals surface area contributed by atoms with Gasteiger partial charge in [-0.15, -0.1) is 0 Å². The fourth-order valence-electron chi connectivity index (χ4n) is 3.31. The number of benzene rings is 2. The minimum absolute atomic E-state index is 0.0941. The highest BCUT2D eigenvalue weighted by Gasteiger charge is 2.10. The molecule has 2 aromatic heterocycles. The molecular formula is C21H19BrN4O2. The predicted octanol–water partition coefficient (Wildman–Crippen LogP) is 4.16. The molecule has 0 spiro atoms. The number of aromatic nitrogens is 3. The number of halogens is 1. The molecule has 0 unspecified atom stereocenters. The summed E-state index contributed by atoms with van der Waals surface area (Å²) in [4.78, 5) is 29.4. The van der Waals surface area contributed by atoms with Crippen LogP contribution in [0.2, 0.25) is 0 Å². The van der Waals surface area contributed by atoms with Crippen LogP contribution < -0.4 is 10.9 Å². The molecule has 0 radical (unpaired) electrons. The van der Waals surface area contributed by atoms with Crippen LogP contribution in [0.15, 0.2) is 64.3 Å². The quantitative estimate of drug-likeness (QED) is 0.508. The van der Waals surface area contributed by atoms with E-state index in [4.69, 9.17) is 0 Å². The van der Waals surface area contributed by atoms with Gasteiger partial charge in [0.05, 0.1) is 17.2 Å². The summed E-state index contributed by atoms with van der Waals surface area (Å²) < 4.78 is 4.31. The van der Waals surface area contributed by atoms with E-state index in [0.29, 0.717) is 16.6 Å². The van der Waals surface area contributed by atoms with Gasteiger partial charge in [0.1, 0.15) is 6.54 Å². The molecule has 0 fully saturated rings. The maximum atomic E-state index is 12.6. The van der Waals surface area contributed by atoms with Gasteiger partial charge < -0.3 is 9.88 Å². The van der Waals surface area contributed by atoms with Crippen molar-refractivity contribution in [2.24, 2.45) is 0 Å². The van der Waals surface area contributed by atoms with Crippen molar-refractivity contribution >= 4 is 49.3 Å². The zero-order chi connectivity index (χ0) is 19.7. The molecule has 0 aliphatic rings. The van der Waals surface area contributed by atoms with E-state index in [1.807, 2.05) is 30.3 Å². The molecule has 1 amide bonds. The molecule has 1 N–H and O–H groups in total. The Labute approximate surface area is 169 Å². The van der Waals surface area contributed by atoms with Crippen molar-refractivity contribution in [2.75, 3.05) is 5.32 Å². The van der Waals surface area contributed by atoms with Gasteiger partial charge >= 0.3 is 0 Å². The third-order valence-corrected chi connectivity index (χ3v) is 5.11. The summed E-state index contributed by atoms with van der Waals surface area (Å²) in [5, 5.41) is 4.41. The molecular weight excluding hydrogens is 420 g/mol. The van der Waals surface area contributed by atoms with Crippen molar-refractivity contribution in [2.45, 2.75) is 26.4 Å². The zero-order valence-electron chi connectivity index (χ0n) is 15.4. The van der Waals surface area contributed by atoms with Gasteiger partial charge in [0.2, 0.25) is 5.91 Å². The molecule has 0 aliphatic carbocycles. The van der Waals surface area contributed by atoms with Crippen LogP contribution in [-0.2, 0) is 17.9 Å². The van der Waals surface area contributed by atoms with E-state index >= 15 is 0 Å². The smallest absolute Gasteiger partial charge is 0.261 e. The van der Waals surface area contributed by atoms with Gasteiger partial charge in [0.15, 0.2) is 0 Å². The minimum Gasteiger partial charge on any atom is -0.347 e. The highest BCUT2D eigenvalue weighted by atomic mass is 79.9. The first kappa shape index (κ1) is 18.4. The molecule has 6 nitrogen and oxygen atoms in total. The summed E-state index contributed by atoms with van der Waals surface area (Å²) in [6.45, 7) is 3.01. The van der Waals surface area contributed by atoms with Gasteiger partial charge in [0, 0.05) is 33.8 Å². The molecule has 4 rings (SSSR count). The number of carbonyl (C=O) groups excluding carboxylic acids is 1. The number of nitrogens with one attached hydrogen (secondary N) is 1. The second-order valence-electron chi connectivity index (χ2n) is 6.67. The van der Waals surface area contributed by atoms with Crippen LogP contribution >= 0.6 is 15.9 Å². The predicted molar refractivity (Wildman–Crippen MR) is 115 cm³/mol. The number of hydrogen-bond acceptors (Lipinski definition) is 3. The molecule has 0 saturated carbocycles. The average molecular weight is 439 g/mol. The summed E-state index contributed by atoms with van der Waals surface area (Å²) in [6, 6.07) is 13.2. The monoisotopic (exact) mass is 438 g/mol. The first-order valence-electron chi connectivity index (χ1n) is 9.08. The third-order valence-electron chi connectivity index (χ3n) is 4.62. The van der Waals surface area contributed by atoms with E-state index < -0.39 is 0 Å². The van der Waals surface area contributed by atoms with Gasteiger partial charge in [-0.25, -0.2) is 4.98 Å². The number of rotatable bonds is 5. The molecule has 28 heavy (non-hydrogen) atoms. The Bertz CT molecular complexity index is 1240. The van der Waals surface area contributed by atoms with Crippen LogP contribution in [0.5, 0.6) is 0 Å². The molecule has 2 aromatic carbocycles. The number of carbonyl (C=O) groups is 1. The van der Waals surface area contributed by atoms with Crippen molar-refractivity contribution in [3.63, 3.8) is 0 Å². The molecule has 2 heterocycles. The van der Waals surface area contributed by atoms with Gasteiger partial charge in [-0.05, 0) is 48.9 Å². The number of amides is 1. The molecule has 0 bridgehead atoms. The summed E-state index contributed by atoms with van der Waals surface area (Å²) in [6.07, 6.45) is 4.53. The van der Waals surface area contributed by atoms with E-state index in [-0.39, 0.29) is 18.0 Å². The van der Waals surface area contributed by atoms with E-state index in [1.54, 1.807) is 12.1 Å². The van der Waals surface area contributed by atoms with Crippen LogP contribution in [0.3, 0.4) is 0 Å². The normalized spacial score (nSPS) is 11.2. The molecule has 142 valence electrons. The van der Waals surface area contributed by atoms with E-state index in [1.165, 1.54) is 10.9 Å². The Morgan fingerprint density at radius 3 is 2.82 bits per heavy atom. The number of fused-ring (bicyclic) bond motifs is 2. The van der Waals surface area contributed by atoms with Crippen molar-refractivity contribution in [3.8, 4) is 0 Å². The fourth-order valence-corrected chi connectivity index (χ4v) is 3.67. The van der Waals surface area contributed by atoms with E-state index in [2.05, 4.69) is 43.9 Å². The zero-order valence-corrected chi connectivity index (χ0v) is 16.9. The fraction of sp³-hybridized carbons (Fsp3) is 0.190. The lowest BCUT2D eigenvalue weighted by Crippen LogP contribution is -2.27. The molecule has 0 saturated heterocycles. The number of aryl methyl sites for hydroxylation is 1. The van der Waals surface area contributed by atoms with Gasteiger partial charge in [-0.2, -0.15) is 0 Å². The summed E-state index contributed by atoms with van der Waals surface area (Å²) >= 11 is 3.36. The standard InChI is InChI=1S/C21H19BrN4O2/c1-2-8-25-9-7-14-10-16(4-6-19(14)25)24-20(27)12-26-13-23-18-5-3-15(22)11-17(18)21(26)28/h3-7,9-11,13H,2,8,12H2,1H3,(H,24,27). The highest BCUT2D eigenvalue weighted by molar-refractivity contribution is 9.10.